The first-order chi connectivity index (χ1) is 11.2. The Hall–Kier alpha value is -2.20. The van der Waals surface area contributed by atoms with E-state index in [9.17, 15) is 4.79 Å². The van der Waals surface area contributed by atoms with Crippen LogP contribution in [0.1, 0.15) is 22.8 Å². The summed E-state index contributed by atoms with van der Waals surface area (Å²) in [6.45, 7) is 2.48. The minimum Gasteiger partial charge on any atom is -0.493 e. The molecule has 0 fully saturated rings. The van der Waals surface area contributed by atoms with Gasteiger partial charge in [-0.3, -0.25) is 4.79 Å². The van der Waals surface area contributed by atoms with Crippen LogP contribution in [0.15, 0.2) is 53.4 Å². The van der Waals surface area contributed by atoms with Crippen LogP contribution < -0.4 is 9.47 Å². The molecule has 0 unspecified atom stereocenters. The van der Waals surface area contributed by atoms with Crippen molar-refractivity contribution in [2.75, 3.05) is 20.0 Å². The molecule has 0 aliphatic carbocycles. The third kappa shape index (κ3) is 4.63. The number of allylic oxidation sites excluding steroid dienone is 1. The molecule has 0 bridgehead atoms. The number of carbonyl (C=O) groups excluding carboxylic acids is 1. The van der Waals surface area contributed by atoms with Gasteiger partial charge in [0.15, 0.2) is 17.3 Å². The second-order valence-electron chi connectivity index (χ2n) is 4.77. The van der Waals surface area contributed by atoms with Gasteiger partial charge in [0.05, 0.1) is 13.7 Å². The summed E-state index contributed by atoms with van der Waals surface area (Å²) in [5.74, 6) is 1.34. The number of ketones is 1. The zero-order valence-electron chi connectivity index (χ0n) is 13.5. The first kappa shape index (κ1) is 17.2. The van der Waals surface area contributed by atoms with Crippen molar-refractivity contribution in [3.05, 3.63) is 59.7 Å². The highest BCUT2D eigenvalue weighted by atomic mass is 32.2. The minimum absolute atomic E-state index is 0.0218. The number of rotatable bonds is 7. The summed E-state index contributed by atoms with van der Waals surface area (Å²) < 4.78 is 10.8. The zero-order chi connectivity index (χ0) is 16.7. The lowest BCUT2D eigenvalue weighted by Crippen LogP contribution is -1.96. The van der Waals surface area contributed by atoms with Crippen LogP contribution in [0.4, 0.5) is 0 Å². The van der Waals surface area contributed by atoms with Crippen molar-refractivity contribution in [2.45, 2.75) is 11.8 Å². The SMILES string of the molecule is CCOc1cc(/C=C/C(=O)c2ccc(SC)cc2)ccc1OC. The van der Waals surface area contributed by atoms with Crippen LogP contribution in [0.5, 0.6) is 11.5 Å². The molecule has 2 aromatic rings. The van der Waals surface area contributed by atoms with Gasteiger partial charge >= 0.3 is 0 Å². The van der Waals surface area contributed by atoms with E-state index in [0.717, 1.165) is 10.5 Å². The van der Waals surface area contributed by atoms with E-state index in [0.29, 0.717) is 23.7 Å². The lowest BCUT2D eigenvalue weighted by atomic mass is 10.1. The minimum atomic E-state index is -0.0218. The van der Waals surface area contributed by atoms with Gasteiger partial charge in [0.2, 0.25) is 0 Å². The number of hydrogen-bond acceptors (Lipinski definition) is 4. The molecule has 0 atom stereocenters. The number of thioether (sulfide) groups is 1. The number of hydrogen-bond donors (Lipinski definition) is 0. The van der Waals surface area contributed by atoms with Crippen molar-refractivity contribution in [2.24, 2.45) is 0 Å². The lowest BCUT2D eigenvalue weighted by Gasteiger charge is -2.09. The summed E-state index contributed by atoms with van der Waals surface area (Å²) >= 11 is 1.65. The molecule has 2 aromatic carbocycles. The number of carbonyl (C=O) groups is 1. The Labute approximate surface area is 141 Å². The quantitative estimate of drug-likeness (QED) is 0.419. The number of ether oxygens (including phenoxy) is 2. The van der Waals surface area contributed by atoms with Gasteiger partial charge in [-0.15, -0.1) is 11.8 Å². The Morgan fingerprint density at radius 1 is 1.13 bits per heavy atom. The monoisotopic (exact) mass is 328 g/mol. The molecular weight excluding hydrogens is 308 g/mol. The van der Waals surface area contributed by atoms with Crippen LogP contribution in [0.3, 0.4) is 0 Å². The van der Waals surface area contributed by atoms with E-state index in [1.807, 2.05) is 55.6 Å². The van der Waals surface area contributed by atoms with E-state index in [2.05, 4.69) is 0 Å². The van der Waals surface area contributed by atoms with Gasteiger partial charge in [-0.25, -0.2) is 0 Å². The van der Waals surface area contributed by atoms with Crippen molar-refractivity contribution in [3.63, 3.8) is 0 Å². The summed E-state index contributed by atoms with van der Waals surface area (Å²) in [6, 6.07) is 13.2. The fourth-order valence-electron chi connectivity index (χ4n) is 2.09. The van der Waals surface area contributed by atoms with Crippen molar-refractivity contribution in [3.8, 4) is 11.5 Å². The molecule has 0 aliphatic heterocycles. The number of methoxy groups -OCH3 is 1. The van der Waals surface area contributed by atoms with Gasteiger partial charge in [-0.05, 0) is 61.2 Å². The summed E-state index contributed by atoms with van der Waals surface area (Å²) in [5.41, 5.74) is 1.57. The predicted octanol–water partition coefficient (Wildman–Crippen LogP) is 4.71. The van der Waals surface area contributed by atoms with Crippen molar-refractivity contribution >= 4 is 23.6 Å². The fraction of sp³-hybridized carbons (Fsp3) is 0.211. The molecule has 0 radical (unpaired) electrons. The van der Waals surface area contributed by atoms with E-state index < -0.39 is 0 Å². The van der Waals surface area contributed by atoms with Gasteiger partial charge in [0, 0.05) is 10.5 Å². The van der Waals surface area contributed by atoms with Crippen LogP contribution in [0.25, 0.3) is 6.08 Å². The molecule has 0 aromatic heterocycles. The Kier molecular flexibility index (Phi) is 6.29. The predicted molar refractivity (Wildman–Crippen MR) is 95.8 cm³/mol. The van der Waals surface area contributed by atoms with E-state index >= 15 is 0 Å². The molecule has 0 amide bonds. The fourth-order valence-corrected chi connectivity index (χ4v) is 2.50. The summed E-state index contributed by atoms with van der Waals surface area (Å²) in [5, 5.41) is 0. The zero-order valence-corrected chi connectivity index (χ0v) is 14.4. The highest BCUT2D eigenvalue weighted by Gasteiger charge is 2.05. The summed E-state index contributed by atoms with van der Waals surface area (Å²) in [4.78, 5) is 13.3. The standard InChI is InChI=1S/C19H20O3S/c1-4-22-19-13-14(6-12-18(19)21-2)5-11-17(20)15-7-9-16(23-3)10-8-15/h5-13H,4H2,1-3H3/b11-5+. The first-order valence-electron chi connectivity index (χ1n) is 7.35. The van der Waals surface area contributed by atoms with Crippen molar-refractivity contribution in [1.29, 1.82) is 0 Å². The maximum Gasteiger partial charge on any atom is 0.185 e. The highest BCUT2D eigenvalue weighted by Crippen LogP contribution is 2.28. The second-order valence-corrected chi connectivity index (χ2v) is 5.65. The van der Waals surface area contributed by atoms with Crippen molar-refractivity contribution < 1.29 is 14.3 Å². The van der Waals surface area contributed by atoms with Gasteiger partial charge in [-0.1, -0.05) is 12.1 Å². The third-order valence-electron chi connectivity index (χ3n) is 3.29. The molecule has 3 nitrogen and oxygen atoms in total. The van der Waals surface area contributed by atoms with E-state index in [-0.39, 0.29) is 5.78 Å². The average molecular weight is 328 g/mol. The Morgan fingerprint density at radius 3 is 2.48 bits per heavy atom. The van der Waals surface area contributed by atoms with Crippen molar-refractivity contribution in [1.82, 2.24) is 0 Å². The molecule has 0 heterocycles. The van der Waals surface area contributed by atoms with Crippen LogP contribution >= 0.6 is 11.8 Å². The van der Waals surface area contributed by atoms with Crippen LogP contribution in [-0.4, -0.2) is 25.8 Å². The molecule has 120 valence electrons. The molecule has 4 heteroatoms. The van der Waals surface area contributed by atoms with Crippen LogP contribution in [0, 0.1) is 0 Å². The van der Waals surface area contributed by atoms with E-state index in [1.165, 1.54) is 0 Å². The summed E-state index contributed by atoms with van der Waals surface area (Å²) in [6.07, 6.45) is 5.37. The highest BCUT2D eigenvalue weighted by molar-refractivity contribution is 7.98. The van der Waals surface area contributed by atoms with Gasteiger partial charge < -0.3 is 9.47 Å². The molecule has 0 aliphatic rings. The normalized spacial score (nSPS) is 10.7. The Balaban J connectivity index is 2.15. The molecule has 0 saturated heterocycles. The molecule has 0 spiro atoms. The van der Waals surface area contributed by atoms with Gasteiger partial charge in [0.1, 0.15) is 0 Å². The third-order valence-corrected chi connectivity index (χ3v) is 4.03. The smallest absolute Gasteiger partial charge is 0.185 e. The largest absolute Gasteiger partial charge is 0.493 e. The van der Waals surface area contributed by atoms with Gasteiger partial charge in [0.25, 0.3) is 0 Å². The molecule has 2 rings (SSSR count). The molecular formula is C19H20O3S. The Morgan fingerprint density at radius 2 is 1.87 bits per heavy atom. The topological polar surface area (TPSA) is 35.5 Å². The maximum atomic E-state index is 12.2. The number of benzene rings is 2. The second kappa shape index (κ2) is 8.44. The first-order valence-corrected chi connectivity index (χ1v) is 8.57. The summed E-state index contributed by atoms with van der Waals surface area (Å²) in [7, 11) is 1.61. The molecule has 0 saturated carbocycles. The van der Waals surface area contributed by atoms with Crippen LogP contribution in [-0.2, 0) is 0 Å². The van der Waals surface area contributed by atoms with E-state index in [1.54, 1.807) is 31.0 Å². The molecule has 23 heavy (non-hydrogen) atoms. The van der Waals surface area contributed by atoms with Gasteiger partial charge in [-0.2, -0.15) is 0 Å². The molecule has 0 N–H and O–H groups in total. The van der Waals surface area contributed by atoms with E-state index in [4.69, 9.17) is 9.47 Å². The maximum absolute atomic E-state index is 12.2. The average Bonchev–Trinajstić information content (AvgIpc) is 2.60. The Bertz CT molecular complexity index is 690. The van der Waals surface area contributed by atoms with Crippen LogP contribution in [0.2, 0.25) is 0 Å². The lowest BCUT2D eigenvalue weighted by molar-refractivity contribution is 0.104.